The Morgan fingerprint density at radius 2 is 1.88 bits per heavy atom. The molecule has 10 nitrogen and oxygen atoms in total. The molecule has 10 heteroatoms. The summed E-state index contributed by atoms with van der Waals surface area (Å²) in [7, 11) is 0. The largest absolute Gasteiger partial charge is 0.478 e. The number of amides is 3. The lowest BCUT2D eigenvalue weighted by Crippen LogP contribution is -2.47. The number of piperidine rings is 1. The van der Waals surface area contributed by atoms with Crippen molar-refractivity contribution in [1.29, 1.82) is 0 Å². The van der Waals surface area contributed by atoms with Gasteiger partial charge in [0.15, 0.2) is 5.60 Å². The first kappa shape index (κ1) is 30.4. The number of nitrogens with zero attached hydrogens (tertiary/aromatic N) is 3. The van der Waals surface area contributed by atoms with Crippen LogP contribution in [0.25, 0.3) is 11.1 Å². The fourth-order valence-corrected chi connectivity index (χ4v) is 6.29. The maximum absolute atomic E-state index is 12.7. The number of urea groups is 1. The molecule has 1 saturated carbocycles. The van der Waals surface area contributed by atoms with Crippen molar-refractivity contribution in [2.45, 2.75) is 64.6 Å². The zero-order valence-electron chi connectivity index (χ0n) is 25.5. The second-order valence-electron chi connectivity index (χ2n) is 12.4. The van der Waals surface area contributed by atoms with E-state index >= 15 is 0 Å². The topological polar surface area (TPSA) is 143 Å². The van der Waals surface area contributed by atoms with Crippen LogP contribution in [0.1, 0.15) is 50.7 Å². The minimum absolute atomic E-state index is 0.151. The summed E-state index contributed by atoms with van der Waals surface area (Å²) in [5.41, 5.74) is 15.8. The smallest absolute Gasteiger partial charge is 0.315 e. The third-order valence-electron chi connectivity index (χ3n) is 8.95. The average Bonchev–Trinajstić information content (AvgIpc) is 3.59. The Hall–Kier alpha value is -4.05. The third-order valence-corrected chi connectivity index (χ3v) is 8.95. The number of benzene rings is 2. The molecule has 0 radical (unpaired) electrons. The number of carbonyl (C=O) groups excluding carboxylic acids is 2. The first-order valence-corrected chi connectivity index (χ1v) is 15.3. The van der Waals surface area contributed by atoms with Crippen molar-refractivity contribution in [3.63, 3.8) is 0 Å². The maximum atomic E-state index is 12.7. The molecule has 0 spiro atoms. The van der Waals surface area contributed by atoms with Gasteiger partial charge < -0.3 is 31.3 Å². The molecule has 3 aromatic rings. The van der Waals surface area contributed by atoms with E-state index in [0.717, 1.165) is 72.5 Å². The molecule has 1 aromatic heterocycles. The molecule has 43 heavy (non-hydrogen) atoms. The average molecular weight is 588 g/mol. The summed E-state index contributed by atoms with van der Waals surface area (Å²) in [5.74, 6) is 1.61. The molecule has 2 fully saturated rings. The van der Waals surface area contributed by atoms with Gasteiger partial charge in [0.1, 0.15) is 5.75 Å². The number of aromatic nitrogens is 2. The van der Waals surface area contributed by atoms with E-state index < -0.39 is 5.60 Å². The third kappa shape index (κ3) is 7.13. The monoisotopic (exact) mass is 587 g/mol. The number of primary amides is 1. The fraction of sp³-hybridized carbons (Fsp3) is 0.485. The number of hydrogen-bond acceptors (Lipinski definition) is 6. The van der Waals surface area contributed by atoms with E-state index in [0.29, 0.717) is 31.5 Å². The van der Waals surface area contributed by atoms with Crippen molar-refractivity contribution >= 4 is 17.6 Å². The molecule has 0 bridgehead atoms. The summed E-state index contributed by atoms with van der Waals surface area (Å²) in [5, 5.41) is 9.77. The Morgan fingerprint density at radius 1 is 1.14 bits per heavy atom. The molecule has 5 rings (SSSR count). The quantitative estimate of drug-likeness (QED) is 0.234. The zero-order chi connectivity index (χ0) is 30.6. The highest BCUT2D eigenvalue weighted by molar-refractivity contribution is 5.84. The second kappa shape index (κ2) is 13.1. The fourth-order valence-electron chi connectivity index (χ4n) is 6.29. The molecule has 2 unspecified atom stereocenters. The van der Waals surface area contributed by atoms with E-state index in [-0.39, 0.29) is 18.0 Å². The van der Waals surface area contributed by atoms with E-state index in [9.17, 15) is 9.59 Å². The van der Waals surface area contributed by atoms with Crippen LogP contribution >= 0.6 is 0 Å². The van der Waals surface area contributed by atoms with Gasteiger partial charge in [0, 0.05) is 55.2 Å². The van der Waals surface area contributed by atoms with Crippen LogP contribution in [0.15, 0.2) is 54.9 Å². The van der Waals surface area contributed by atoms with Crippen molar-refractivity contribution in [1.82, 2.24) is 20.4 Å². The number of carbonyl (C=O) groups is 2. The summed E-state index contributed by atoms with van der Waals surface area (Å²) in [6.45, 7) is 9.11. The van der Waals surface area contributed by atoms with Gasteiger partial charge in [-0.1, -0.05) is 30.3 Å². The maximum Gasteiger partial charge on any atom is 0.315 e. The summed E-state index contributed by atoms with van der Waals surface area (Å²) >= 11 is 0. The number of hydrogen-bond donors (Lipinski definition) is 4. The predicted octanol–water partition coefficient (Wildman–Crippen LogP) is 4.19. The van der Waals surface area contributed by atoms with Crippen molar-refractivity contribution in [2.24, 2.45) is 23.3 Å². The first-order chi connectivity index (χ1) is 20.7. The van der Waals surface area contributed by atoms with Crippen LogP contribution in [0, 0.1) is 18.8 Å². The minimum Gasteiger partial charge on any atom is -0.478 e. The van der Waals surface area contributed by atoms with Gasteiger partial charge >= 0.3 is 6.03 Å². The van der Waals surface area contributed by atoms with Crippen molar-refractivity contribution in [3.8, 4) is 16.9 Å². The van der Waals surface area contributed by atoms with E-state index in [1.54, 1.807) is 20.0 Å². The van der Waals surface area contributed by atoms with Gasteiger partial charge in [-0.05, 0) is 88.1 Å². The Kier molecular flexibility index (Phi) is 9.25. The van der Waals surface area contributed by atoms with Gasteiger partial charge in [0.2, 0.25) is 0 Å². The summed E-state index contributed by atoms with van der Waals surface area (Å²) in [4.78, 5) is 29.4. The van der Waals surface area contributed by atoms with Crippen LogP contribution in [-0.2, 0) is 11.3 Å². The number of H-pyrrole nitrogens is 1. The lowest BCUT2D eigenvalue weighted by molar-refractivity contribution is -0.134. The molecule has 2 atom stereocenters. The number of nitrogens with one attached hydrogen (secondary N) is 2. The number of nitrogens with two attached hydrogens (primary N) is 2. The highest BCUT2D eigenvalue weighted by Gasteiger charge is 2.48. The molecule has 230 valence electrons. The lowest BCUT2D eigenvalue weighted by atomic mass is 9.91. The van der Waals surface area contributed by atoms with Crippen molar-refractivity contribution < 1.29 is 14.3 Å². The predicted molar refractivity (Wildman–Crippen MR) is 169 cm³/mol. The van der Waals surface area contributed by atoms with Crippen molar-refractivity contribution in [2.75, 3.05) is 31.1 Å². The van der Waals surface area contributed by atoms with Gasteiger partial charge in [0.05, 0.1) is 6.20 Å². The number of anilines is 1. The molecule has 6 N–H and O–H groups in total. The van der Waals surface area contributed by atoms with Crippen LogP contribution < -0.4 is 26.4 Å². The second-order valence-corrected chi connectivity index (χ2v) is 12.4. The van der Waals surface area contributed by atoms with Crippen molar-refractivity contribution in [3.05, 3.63) is 66.0 Å². The summed E-state index contributed by atoms with van der Waals surface area (Å²) < 4.78 is 6.24. The summed E-state index contributed by atoms with van der Waals surface area (Å²) in [6, 6.07) is 14.1. The Balaban J connectivity index is 1.16. The Labute approximate surface area is 254 Å². The van der Waals surface area contributed by atoms with E-state index in [1.807, 2.05) is 23.2 Å². The van der Waals surface area contributed by atoms with E-state index in [4.69, 9.17) is 16.2 Å². The number of ether oxygens (including phenoxy) is 1. The lowest BCUT2D eigenvalue weighted by Gasteiger charge is -2.36. The van der Waals surface area contributed by atoms with Gasteiger partial charge in [-0.2, -0.15) is 5.10 Å². The van der Waals surface area contributed by atoms with E-state index in [2.05, 4.69) is 57.7 Å². The molecule has 2 aliphatic rings. The van der Waals surface area contributed by atoms with Crippen LogP contribution in [0.2, 0.25) is 0 Å². The Bertz CT molecular complexity index is 1380. The molecule has 1 aliphatic heterocycles. The molecule has 1 saturated heterocycles. The highest BCUT2D eigenvalue weighted by Crippen LogP contribution is 2.47. The standard InChI is InChI=1S/C33H45N7O3/c1-22-28(6-4-7-30(22)43-33(2,3)31(41)36-15-5-14-34)39-16-12-25(13-17-39)27-18-29(27)40(32(35)42)21-23-8-10-24(11-9-23)26-19-37-38-20-26/h4,6-11,19-20,25,27,29H,5,12-18,21,34H2,1-3H3,(H2,35,42)(H,36,41)(H,37,38). The molecule has 3 amide bonds. The van der Waals surface area contributed by atoms with Gasteiger partial charge in [-0.25, -0.2) is 4.79 Å². The molecular weight excluding hydrogens is 542 g/mol. The number of aromatic amines is 1. The molecular formula is C33H45N7O3. The van der Waals surface area contributed by atoms with Gasteiger partial charge in [-0.15, -0.1) is 0 Å². The Morgan fingerprint density at radius 3 is 2.53 bits per heavy atom. The van der Waals surface area contributed by atoms with Crippen LogP contribution in [0.3, 0.4) is 0 Å². The zero-order valence-corrected chi connectivity index (χ0v) is 25.5. The molecule has 2 heterocycles. The highest BCUT2D eigenvalue weighted by atomic mass is 16.5. The van der Waals surface area contributed by atoms with Crippen LogP contribution in [0.4, 0.5) is 10.5 Å². The summed E-state index contributed by atoms with van der Waals surface area (Å²) in [6.07, 6.45) is 7.52. The first-order valence-electron chi connectivity index (χ1n) is 15.3. The molecule has 2 aromatic carbocycles. The number of rotatable bonds is 12. The van der Waals surface area contributed by atoms with Gasteiger partial charge in [0.25, 0.3) is 5.91 Å². The minimum atomic E-state index is -1.000. The van der Waals surface area contributed by atoms with Gasteiger partial charge in [-0.3, -0.25) is 9.89 Å². The van der Waals surface area contributed by atoms with Crippen LogP contribution in [0.5, 0.6) is 5.75 Å². The van der Waals surface area contributed by atoms with Crippen LogP contribution in [-0.4, -0.2) is 64.9 Å². The SMILES string of the molecule is Cc1c(OC(C)(C)C(=O)NCCCN)cccc1N1CCC(C2CC2N(Cc2ccc(-c3cn[nH]c3)cc2)C(N)=O)CC1. The molecule has 1 aliphatic carbocycles. The van der Waals surface area contributed by atoms with E-state index in [1.165, 1.54) is 0 Å². The normalized spacial score (nSPS) is 18.7.